The summed E-state index contributed by atoms with van der Waals surface area (Å²) in [5.41, 5.74) is 5.42. The van der Waals surface area contributed by atoms with E-state index in [2.05, 4.69) is 4.98 Å². The van der Waals surface area contributed by atoms with Crippen molar-refractivity contribution in [3.8, 4) is 0 Å². The first kappa shape index (κ1) is 14.0. The minimum atomic E-state index is -4.31. The van der Waals surface area contributed by atoms with E-state index >= 15 is 0 Å². The Morgan fingerprint density at radius 3 is 2.65 bits per heavy atom. The predicted octanol–water partition coefficient (Wildman–Crippen LogP) is 3.16. The first-order chi connectivity index (χ1) is 7.95. The zero-order valence-electron chi connectivity index (χ0n) is 9.80. The molecule has 1 heterocycles. The summed E-state index contributed by atoms with van der Waals surface area (Å²) in [6.07, 6.45) is 0.793. The lowest BCUT2D eigenvalue weighted by atomic mass is 10.0. The van der Waals surface area contributed by atoms with Crippen molar-refractivity contribution in [3.63, 3.8) is 0 Å². The first-order valence-corrected chi connectivity index (χ1v) is 5.70. The number of rotatable bonds is 5. The molecule has 0 bridgehead atoms. The molecular weight excluding hydrogens is 229 g/mol. The normalized spacial score (nSPS) is 13.7. The summed E-state index contributed by atoms with van der Waals surface area (Å²) in [5.74, 6) is 0. The maximum Gasteiger partial charge on any atom is 0.416 e. The largest absolute Gasteiger partial charge is 0.416 e. The third-order valence-electron chi connectivity index (χ3n) is 2.65. The number of hydrogen-bond acceptors (Lipinski definition) is 2. The van der Waals surface area contributed by atoms with Crippen molar-refractivity contribution in [3.05, 3.63) is 29.6 Å². The predicted molar refractivity (Wildman–Crippen MR) is 60.4 cm³/mol. The van der Waals surface area contributed by atoms with Gasteiger partial charge in [-0.2, -0.15) is 13.2 Å². The molecule has 2 nitrogen and oxygen atoms in total. The molecular formula is C12H17F3N2. The summed E-state index contributed by atoms with van der Waals surface area (Å²) in [6, 6.07) is 0.974. The molecule has 0 radical (unpaired) electrons. The van der Waals surface area contributed by atoms with Crippen LogP contribution in [0.3, 0.4) is 0 Å². The maximum absolute atomic E-state index is 12.7. The molecule has 1 atom stereocenters. The summed E-state index contributed by atoms with van der Waals surface area (Å²) in [5, 5.41) is 0. The Morgan fingerprint density at radius 2 is 2.06 bits per heavy atom. The van der Waals surface area contributed by atoms with Crippen molar-refractivity contribution in [2.45, 2.75) is 44.8 Å². The minimum absolute atomic E-state index is 0.0405. The molecule has 96 valence electrons. The Balaban J connectivity index is 2.71. The monoisotopic (exact) mass is 246 g/mol. The lowest BCUT2D eigenvalue weighted by Crippen LogP contribution is -2.21. The molecule has 0 aromatic carbocycles. The van der Waals surface area contributed by atoms with Gasteiger partial charge in [-0.15, -0.1) is 0 Å². The molecule has 0 aliphatic carbocycles. The van der Waals surface area contributed by atoms with Gasteiger partial charge in [0.25, 0.3) is 0 Å². The summed E-state index contributed by atoms with van der Waals surface area (Å²) in [7, 11) is 0. The van der Waals surface area contributed by atoms with Gasteiger partial charge < -0.3 is 5.73 Å². The van der Waals surface area contributed by atoms with Crippen LogP contribution >= 0.6 is 0 Å². The van der Waals surface area contributed by atoms with Crippen LogP contribution in [0.4, 0.5) is 13.2 Å². The van der Waals surface area contributed by atoms with E-state index in [9.17, 15) is 13.2 Å². The van der Waals surface area contributed by atoms with Crippen LogP contribution in [-0.4, -0.2) is 11.0 Å². The number of nitrogens with two attached hydrogens (primary N) is 1. The summed E-state index contributed by atoms with van der Waals surface area (Å²) in [4.78, 5) is 3.74. The van der Waals surface area contributed by atoms with E-state index in [0.717, 1.165) is 25.1 Å². The van der Waals surface area contributed by atoms with Gasteiger partial charge in [0.05, 0.1) is 5.56 Å². The van der Waals surface area contributed by atoms with Gasteiger partial charge in [-0.25, -0.2) is 0 Å². The number of pyridine rings is 1. The van der Waals surface area contributed by atoms with E-state index in [0.29, 0.717) is 12.8 Å². The molecule has 0 fully saturated rings. The number of halogens is 3. The van der Waals surface area contributed by atoms with E-state index < -0.39 is 11.7 Å². The second-order valence-corrected chi connectivity index (χ2v) is 4.12. The number of aromatic nitrogens is 1. The zero-order valence-corrected chi connectivity index (χ0v) is 9.80. The van der Waals surface area contributed by atoms with Gasteiger partial charge in [0, 0.05) is 18.4 Å². The summed E-state index contributed by atoms with van der Waals surface area (Å²) < 4.78 is 38.0. The third-order valence-corrected chi connectivity index (χ3v) is 2.65. The van der Waals surface area contributed by atoms with Crippen LogP contribution in [0.15, 0.2) is 18.5 Å². The zero-order chi connectivity index (χ0) is 12.9. The van der Waals surface area contributed by atoms with E-state index in [1.165, 1.54) is 6.20 Å². The molecule has 5 heteroatoms. The highest BCUT2D eigenvalue weighted by atomic mass is 19.4. The maximum atomic E-state index is 12.7. The van der Waals surface area contributed by atoms with Crippen LogP contribution in [0.5, 0.6) is 0 Å². The van der Waals surface area contributed by atoms with Crippen LogP contribution in [0.1, 0.15) is 37.3 Å². The fourth-order valence-corrected chi connectivity index (χ4v) is 1.76. The lowest BCUT2D eigenvalue weighted by molar-refractivity contribution is -0.138. The van der Waals surface area contributed by atoms with E-state index in [1.807, 2.05) is 6.92 Å². The van der Waals surface area contributed by atoms with Gasteiger partial charge in [0.15, 0.2) is 0 Å². The molecule has 1 unspecified atom stereocenters. The molecule has 0 saturated carbocycles. The molecule has 0 aliphatic heterocycles. The molecule has 1 rings (SSSR count). The van der Waals surface area contributed by atoms with Crippen LogP contribution in [0.25, 0.3) is 0 Å². The third kappa shape index (κ3) is 4.34. The van der Waals surface area contributed by atoms with Crippen LogP contribution < -0.4 is 5.73 Å². The molecule has 0 saturated heterocycles. The van der Waals surface area contributed by atoms with Gasteiger partial charge in [-0.3, -0.25) is 4.98 Å². The van der Waals surface area contributed by atoms with Gasteiger partial charge in [0.2, 0.25) is 0 Å². The summed E-state index contributed by atoms with van der Waals surface area (Å²) >= 11 is 0. The highest BCUT2D eigenvalue weighted by molar-refractivity contribution is 5.26. The molecule has 0 aliphatic rings. The Bertz CT molecular complexity index is 350. The van der Waals surface area contributed by atoms with E-state index in [4.69, 9.17) is 5.73 Å². The topological polar surface area (TPSA) is 38.9 Å². The van der Waals surface area contributed by atoms with Crippen LogP contribution in [0, 0.1) is 0 Å². The van der Waals surface area contributed by atoms with Crippen LogP contribution in [-0.2, 0) is 12.6 Å². The molecule has 0 amide bonds. The Labute approximate surface area is 99.0 Å². The first-order valence-electron chi connectivity index (χ1n) is 5.70. The summed E-state index contributed by atoms with van der Waals surface area (Å²) in [6.45, 7) is 2.01. The fourth-order valence-electron chi connectivity index (χ4n) is 1.76. The van der Waals surface area contributed by atoms with Crippen molar-refractivity contribution < 1.29 is 13.2 Å². The second kappa shape index (κ2) is 6.00. The fraction of sp³-hybridized carbons (Fsp3) is 0.583. The standard InChI is InChI=1S/C12H17F3N2/c1-2-3-10(16)5-4-9-8-17-7-6-11(9)12(13,14)15/h6-8,10H,2-5,16H2,1H3. The Hall–Kier alpha value is -1.10. The van der Waals surface area contributed by atoms with Crippen LogP contribution in [0.2, 0.25) is 0 Å². The second-order valence-electron chi connectivity index (χ2n) is 4.12. The highest BCUT2D eigenvalue weighted by Gasteiger charge is 2.32. The molecule has 1 aromatic heterocycles. The Kier molecular flexibility index (Phi) is 4.93. The van der Waals surface area contributed by atoms with Crippen molar-refractivity contribution in [1.82, 2.24) is 4.98 Å². The van der Waals surface area contributed by atoms with Crippen molar-refractivity contribution >= 4 is 0 Å². The number of alkyl halides is 3. The Morgan fingerprint density at radius 1 is 1.35 bits per heavy atom. The quantitative estimate of drug-likeness (QED) is 0.866. The van der Waals surface area contributed by atoms with Gasteiger partial charge in [0.1, 0.15) is 0 Å². The van der Waals surface area contributed by atoms with Crippen molar-refractivity contribution in [2.24, 2.45) is 5.73 Å². The number of hydrogen-bond donors (Lipinski definition) is 1. The highest BCUT2D eigenvalue weighted by Crippen LogP contribution is 2.32. The lowest BCUT2D eigenvalue weighted by Gasteiger charge is -2.14. The van der Waals surface area contributed by atoms with E-state index in [-0.39, 0.29) is 11.6 Å². The average molecular weight is 246 g/mol. The molecule has 2 N–H and O–H groups in total. The smallest absolute Gasteiger partial charge is 0.328 e. The van der Waals surface area contributed by atoms with E-state index in [1.54, 1.807) is 0 Å². The molecule has 17 heavy (non-hydrogen) atoms. The average Bonchev–Trinajstić information content (AvgIpc) is 2.26. The van der Waals surface area contributed by atoms with Crippen molar-refractivity contribution in [2.75, 3.05) is 0 Å². The minimum Gasteiger partial charge on any atom is -0.328 e. The molecule has 0 spiro atoms. The SMILES string of the molecule is CCCC(N)CCc1cnccc1C(F)(F)F. The van der Waals surface area contributed by atoms with Gasteiger partial charge in [-0.1, -0.05) is 13.3 Å². The molecule has 1 aromatic rings. The van der Waals surface area contributed by atoms with Crippen molar-refractivity contribution in [1.29, 1.82) is 0 Å². The van der Waals surface area contributed by atoms with Gasteiger partial charge in [-0.05, 0) is 30.9 Å². The van der Waals surface area contributed by atoms with Gasteiger partial charge >= 0.3 is 6.18 Å². The number of aryl methyl sites for hydroxylation is 1. The number of nitrogens with zero attached hydrogens (tertiary/aromatic N) is 1.